The number of fused-ring (bicyclic) bond motifs is 1. The maximum Gasteiger partial charge on any atom is 0.235 e. The molecule has 1 saturated carbocycles. The smallest absolute Gasteiger partial charge is 0.235 e. The van der Waals surface area contributed by atoms with E-state index in [1.807, 2.05) is 24.3 Å². The summed E-state index contributed by atoms with van der Waals surface area (Å²) in [5, 5.41) is 0. The fourth-order valence-electron chi connectivity index (χ4n) is 2.84. The Bertz CT molecular complexity index is 567. The summed E-state index contributed by atoms with van der Waals surface area (Å²) in [5.74, 6) is 0.928. The number of nitrogens with zero attached hydrogens (tertiary/aromatic N) is 1. The van der Waals surface area contributed by atoms with Crippen molar-refractivity contribution in [3.05, 3.63) is 29.8 Å². The predicted octanol–water partition coefficient (Wildman–Crippen LogP) is 1.68. The zero-order valence-electron chi connectivity index (χ0n) is 11.0. The zero-order valence-corrected chi connectivity index (χ0v) is 11.8. The lowest BCUT2D eigenvalue weighted by atomic mass is 9.98. The predicted molar refractivity (Wildman–Crippen MR) is 76.7 cm³/mol. The lowest BCUT2D eigenvalue weighted by molar-refractivity contribution is 0.583. The number of anilines is 1. The zero-order chi connectivity index (χ0) is 13.5. The fourth-order valence-corrected chi connectivity index (χ4v) is 4.82. The second kappa shape index (κ2) is 4.80. The quantitative estimate of drug-likeness (QED) is 0.892. The van der Waals surface area contributed by atoms with Crippen molar-refractivity contribution in [1.82, 2.24) is 0 Å². The number of nitrogens with two attached hydrogens (primary N) is 1. The average Bonchev–Trinajstić information content (AvgIpc) is 3.09. The van der Waals surface area contributed by atoms with Crippen LogP contribution in [0.15, 0.2) is 24.3 Å². The minimum atomic E-state index is -3.17. The third kappa shape index (κ3) is 2.49. The third-order valence-corrected chi connectivity index (χ3v) is 5.94. The first kappa shape index (κ1) is 12.9. The number of para-hydroxylation sites is 1. The normalized spacial score (nSPS) is 22.6. The van der Waals surface area contributed by atoms with Gasteiger partial charge in [0.2, 0.25) is 10.0 Å². The first-order chi connectivity index (χ1) is 9.12. The van der Waals surface area contributed by atoms with Gasteiger partial charge in [0.05, 0.1) is 11.4 Å². The molecule has 1 heterocycles. The molecule has 0 bridgehead atoms. The topological polar surface area (TPSA) is 63.4 Å². The Kier molecular flexibility index (Phi) is 3.27. The molecular weight excluding hydrogens is 260 g/mol. The molecule has 104 valence electrons. The van der Waals surface area contributed by atoms with Gasteiger partial charge in [-0.15, -0.1) is 0 Å². The fraction of sp³-hybridized carbons (Fsp3) is 0.571. The van der Waals surface area contributed by atoms with Gasteiger partial charge in [0.25, 0.3) is 0 Å². The summed E-state index contributed by atoms with van der Waals surface area (Å²) in [5.41, 5.74) is 7.64. The van der Waals surface area contributed by atoms with Crippen LogP contribution in [0.25, 0.3) is 0 Å². The van der Waals surface area contributed by atoms with E-state index in [1.54, 1.807) is 4.31 Å². The number of hydrogen-bond acceptors (Lipinski definition) is 3. The van der Waals surface area contributed by atoms with Crippen molar-refractivity contribution in [1.29, 1.82) is 0 Å². The molecule has 1 fully saturated rings. The third-order valence-electron chi connectivity index (χ3n) is 4.03. The molecule has 1 unspecified atom stereocenters. The van der Waals surface area contributed by atoms with Gasteiger partial charge in [0.1, 0.15) is 0 Å². The van der Waals surface area contributed by atoms with Crippen molar-refractivity contribution in [2.24, 2.45) is 11.7 Å². The largest absolute Gasteiger partial charge is 0.330 e. The Morgan fingerprint density at radius 2 is 2.00 bits per heavy atom. The van der Waals surface area contributed by atoms with Crippen LogP contribution in [0, 0.1) is 5.92 Å². The molecule has 1 aliphatic carbocycles. The minimum Gasteiger partial charge on any atom is -0.330 e. The summed E-state index contributed by atoms with van der Waals surface area (Å²) in [6, 6.07) is 7.82. The molecule has 0 aromatic heterocycles. The summed E-state index contributed by atoms with van der Waals surface area (Å²) in [6.45, 7) is 1.15. The monoisotopic (exact) mass is 280 g/mol. The summed E-state index contributed by atoms with van der Waals surface area (Å²) < 4.78 is 26.6. The van der Waals surface area contributed by atoms with Gasteiger partial charge in [0, 0.05) is 12.5 Å². The summed E-state index contributed by atoms with van der Waals surface area (Å²) >= 11 is 0. The van der Waals surface area contributed by atoms with Gasteiger partial charge < -0.3 is 5.73 Å². The molecule has 0 spiro atoms. The number of hydrogen-bond donors (Lipinski definition) is 1. The van der Waals surface area contributed by atoms with Crippen molar-refractivity contribution in [3.8, 4) is 0 Å². The molecule has 1 atom stereocenters. The van der Waals surface area contributed by atoms with Crippen LogP contribution in [-0.2, 0) is 10.0 Å². The average molecular weight is 280 g/mol. The van der Waals surface area contributed by atoms with E-state index in [4.69, 9.17) is 5.73 Å². The van der Waals surface area contributed by atoms with E-state index < -0.39 is 10.0 Å². The van der Waals surface area contributed by atoms with Crippen molar-refractivity contribution >= 4 is 15.7 Å². The molecule has 5 heteroatoms. The highest BCUT2D eigenvalue weighted by Gasteiger charge is 2.38. The Morgan fingerprint density at radius 1 is 1.26 bits per heavy atom. The van der Waals surface area contributed by atoms with Crippen molar-refractivity contribution in [3.63, 3.8) is 0 Å². The van der Waals surface area contributed by atoms with Crippen LogP contribution in [0.4, 0.5) is 5.69 Å². The van der Waals surface area contributed by atoms with Crippen LogP contribution in [0.5, 0.6) is 0 Å². The van der Waals surface area contributed by atoms with Gasteiger partial charge in [-0.3, -0.25) is 4.31 Å². The summed E-state index contributed by atoms with van der Waals surface area (Å²) in [6.07, 6.45) is 2.95. The van der Waals surface area contributed by atoms with Crippen molar-refractivity contribution in [2.45, 2.75) is 25.2 Å². The first-order valence-corrected chi connectivity index (χ1v) is 8.52. The Balaban J connectivity index is 1.91. The molecule has 4 nitrogen and oxygen atoms in total. The van der Waals surface area contributed by atoms with Crippen LogP contribution in [0.2, 0.25) is 0 Å². The van der Waals surface area contributed by atoms with E-state index >= 15 is 0 Å². The molecule has 1 aliphatic heterocycles. The Labute approximate surface area is 114 Å². The van der Waals surface area contributed by atoms with Crippen molar-refractivity contribution in [2.75, 3.05) is 23.1 Å². The molecule has 3 rings (SSSR count). The lowest BCUT2D eigenvalue weighted by Gasteiger charge is -2.19. The number of sulfonamides is 1. The van der Waals surface area contributed by atoms with Crippen molar-refractivity contribution < 1.29 is 8.42 Å². The van der Waals surface area contributed by atoms with Crippen LogP contribution in [0.1, 0.15) is 30.7 Å². The molecule has 1 aromatic rings. The van der Waals surface area contributed by atoms with Crippen LogP contribution in [0.3, 0.4) is 0 Å². The van der Waals surface area contributed by atoms with E-state index in [0.29, 0.717) is 24.8 Å². The molecule has 19 heavy (non-hydrogen) atoms. The highest BCUT2D eigenvalue weighted by atomic mass is 32.2. The highest BCUT2D eigenvalue weighted by molar-refractivity contribution is 7.92. The van der Waals surface area contributed by atoms with Gasteiger partial charge in [0.15, 0.2) is 0 Å². The summed E-state index contributed by atoms with van der Waals surface area (Å²) in [7, 11) is -3.17. The molecule has 0 amide bonds. The molecule has 0 radical (unpaired) electrons. The number of benzene rings is 1. The number of rotatable bonds is 5. The Morgan fingerprint density at radius 3 is 2.68 bits per heavy atom. The molecule has 2 aliphatic rings. The maximum absolute atomic E-state index is 12.5. The minimum absolute atomic E-state index is 0.246. The van der Waals surface area contributed by atoms with Crippen LogP contribution < -0.4 is 10.0 Å². The van der Waals surface area contributed by atoms with Gasteiger partial charge in [-0.1, -0.05) is 18.2 Å². The van der Waals surface area contributed by atoms with Crippen LogP contribution in [-0.4, -0.2) is 27.3 Å². The van der Waals surface area contributed by atoms with E-state index in [0.717, 1.165) is 30.5 Å². The lowest BCUT2D eigenvalue weighted by Crippen LogP contribution is -2.33. The highest BCUT2D eigenvalue weighted by Crippen LogP contribution is 2.41. The molecule has 0 saturated heterocycles. The maximum atomic E-state index is 12.5. The second-order valence-corrected chi connectivity index (χ2v) is 7.52. The van der Waals surface area contributed by atoms with E-state index in [9.17, 15) is 8.42 Å². The molecule has 2 N–H and O–H groups in total. The first-order valence-electron chi connectivity index (χ1n) is 6.91. The SMILES string of the molecule is NCCC1CN(S(=O)(=O)CC2CC2)c2ccccc21. The Hall–Kier alpha value is -1.07. The molecular formula is C14H20N2O2S. The summed E-state index contributed by atoms with van der Waals surface area (Å²) in [4.78, 5) is 0. The van der Waals surface area contributed by atoms with Gasteiger partial charge >= 0.3 is 0 Å². The van der Waals surface area contributed by atoms with Gasteiger partial charge in [-0.05, 0) is 43.4 Å². The van der Waals surface area contributed by atoms with Crippen LogP contribution >= 0.6 is 0 Å². The van der Waals surface area contributed by atoms with E-state index in [2.05, 4.69) is 0 Å². The second-order valence-electron chi connectivity index (χ2n) is 5.59. The van der Waals surface area contributed by atoms with E-state index in [-0.39, 0.29) is 5.92 Å². The standard InChI is InChI=1S/C14H20N2O2S/c15-8-7-12-9-16(14-4-2-1-3-13(12)14)19(17,18)10-11-5-6-11/h1-4,11-12H,5-10,15H2. The van der Waals surface area contributed by atoms with E-state index in [1.165, 1.54) is 0 Å². The van der Waals surface area contributed by atoms with Gasteiger partial charge in [-0.2, -0.15) is 0 Å². The molecule has 1 aromatic carbocycles. The van der Waals surface area contributed by atoms with Gasteiger partial charge in [-0.25, -0.2) is 8.42 Å².